The second-order valence-electron chi connectivity index (χ2n) is 6.86. The first-order valence-corrected chi connectivity index (χ1v) is 10.1. The Hall–Kier alpha value is -1.53. The highest BCUT2D eigenvalue weighted by atomic mass is 32.2. The van der Waals surface area contributed by atoms with Crippen LogP contribution in [0.15, 0.2) is 29.2 Å². The van der Waals surface area contributed by atoms with E-state index in [-0.39, 0.29) is 30.9 Å². The fraction of sp³-hybridized carbons (Fsp3) is 0.579. The highest BCUT2D eigenvalue weighted by Gasteiger charge is 2.23. The van der Waals surface area contributed by atoms with Gasteiger partial charge in [0.1, 0.15) is 0 Å². The zero-order valence-corrected chi connectivity index (χ0v) is 16.2. The molecule has 1 saturated carbocycles. The largest absolute Gasteiger partial charge is 0.352 e. The summed E-state index contributed by atoms with van der Waals surface area (Å²) in [6, 6.07) is 7.99. The van der Waals surface area contributed by atoms with Gasteiger partial charge in [-0.25, -0.2) is 0 Å². The minimum absolute atomic E-state index is 0.00133. The van der Waals surface area contributed by atoms with Crippen LogP contribution in [0.3, 0.4) is 0 Å². The summed E-state index contributed by atoms with van der Waals surface area (Å²) in [6.07, 6.45) is 6.65. The molecule has 1 aliphatic rings. The Morgan fingerprint density at radius 2 is 1.84 bits per heavy atom. The number of thioether (sulfide) groups is 1. The molecule has 2 amide bonds. The van der Waals surface area contributed by atoms with Crippen molar-refractivity contribution in [2.24, 2.45) is 5.92 Å². The van der Waals surface area contributed by atoms with Crippen LogP contribution in [-0.4, -0.2) is 49.1 Å². The van der Waals surface area contributed by atoms with Gasteiger partial charge in [-0.1, -0.05) is 31.9 Å². The van der Waals surface area contributed by atoms with Crippen molar-refractivity contribution in [3.05, 3.63) is 24.3 Å². The monoisotopic (exact) mass is 363 g/mol. The molecule has 5 nitrogen and oxygen atoms in total. The van der Waals surface area contributed by atoms with Crippen LogP contribution in [0, 0.1) is 5.92 Å². The molecule has 1 aromatic rings. The highest BCUT2D eigenvalue weighted by molar-refractivity contribution is 7.98. The second kappa shape index (κ2) is 9.82. The van der Waals surface area contributed by atoms with Crippen molar-refractivity contribution in [3.8, 4) is 0 Å². The van der Waals surface area contributed by atoms with Crippen molar-refractivity contribution in [1.82, 2.24) is 10.2 Å². The SMILES string of the molecule is CSc1ccccc1NC(=O)CN(C)CC(=O)NC1CCCCC1C. The van der Waals surface area contributed by atoms with Crippen molar-refractivity contribution in [2.45, 2.75) is 43.5 Å². The molecule has 25 heavy (non-hydrogen) atoms. The first-order chi connectivity index (χ1) is 12.0. The fourth-order valence-electron chi connectivity index (χ4n) is 3.27. The number of hydrogen-bond donors (Lipinski definition) is 2. The Morgan fingerprint density at radius 1 is 1.16 bits per heavy atom. The molecule has 2 unspecified atom stereocenters. The average molecular weight is 364 g/mol. The van der Waals surface area contributed by atoms with Crippen LogP contribution in [0.4, 0.5) is 5.69 Å². The summed E-state index contributed by atoms with van der Waals surface area (Å²) in [4.78, 5) is 27.2. The molecule has 0 aromatic heterocycles. The van der Waals surface area contributed by atoms with Crippen molar-refractivity contribution in [2.75, 3.05) is 31.7 Å². The first-order valence-electron chi connectivity index (χ1n) is 8.90. The van der Waals surface area contributed by atoms with Gasteiger partial charge in [0.05, 0.1) is 18.8 Å². The summed E-state index contributed by atoms with van der Waals surface area (Å²) < 4.78 is 0. The van der Waals surface area contributed by atoms with Gasteiger partial charge in [-0.05, 0) is 44.2 Å². The van der Waals surface area contributed by atoms with Gasteiger partial charge in [0.15, 0.2) is 0 Å². The Labute approximate surface area is 154 Å². The van der Waals surface area contributed by atoms with Crippen LogP contribution >= 0.6 is 11.8 Å². The number of carbonyl (C=O) groups excluding carboxylic acids is 2. The Morgan fingerprint density at radius 3 is 2.56 bits per heavy atom. The first kappa shape index (κ1) is 19.8. The lowest BCUT2D eigenvalue weighted by Crippen LogP contribution is -2.46. The van der Waals surface area contributed by atoms with E-state index in [9.17, 15) is 9.59 Å². The van der Waals surface area contributed by atoms with E-state index in [1.807, 2.05) is 30.5 Å². The van der Waals surface area contributed by atoms with Crippen LogP contribution in [0.1, 0.15) is 32.6 Å². The van der Waals surface area contributed by atoms with Crippen LogP contribution in [0.2, 0.25) is 0 Å². The molecule has 0 bridgehead atoms. The van der Waals surface area contributed by atoms with Gasteiger partial charge in [0.25, 0.3) is 0 Å². The van der Waals surface area contributed by atoms with Gasteiger partial charge in [-0.3, -0.25) is 14.5 Å². The Balaban J connectivity index is 1.77. The van der Waals surface area contributed by atoms with Crippen LogP contribution in [0.5, 0.6) is 0 Å². The predicted molar refractivity (Wildman–Crippen MR) is 104 cm³/mol. The van der Waals surface area contributed by atoms with E-state index < -0.39 is 0 Å². The molecular weight excluding hydrogens is 334 g/mol. The maximum Gasteiger partial charge on any atom is 0.238 e. The zero-order chi connectivity index (χ0) is 18.2. The summed E-state index contributed by atoms with van der Waals surface area (Å²) in [5, 5.41) is 6.05. The zero-order valence-electron chi connectivity index (χ0n) is 15.4. The van der Waals surface area contributed by atoms with Crippen molar-refractivity contribution >= 4 is 29.3 Å². The number of anilines is 1. The lowest BCUT2D eigenvalue weighted by Gasteiger charge is -2.30. The number of likely N-dealkylation sites (N-methyl/N-ethyl adjacent to an activating group) is 1. The maximum atomic E-state index is 12.2. The summed E-state index contributed by atoms with van der Waals surface area (Å²) in [7, 11) is 1.80. The van der Waals surface area contributed by atoms with Crippen molar-refractivity contribution < 1.29 is 9.59 Å². The van der Waals surface area contributed by atoms with Gasteiger partial charge in [-0.15, -0.1) is 11.8 Å². The molecule has 1 aliphatic carbocycles. The molecular formula is C19H29N3O2S. The Kier molecular flexibility index (Phi) is 7.78. The van der Waals surface area contributed by atoms with Crippen LogP contribution in [0.25, 0.3) is 0 Å². The van der Waals surface area contributed by atoms with Gasteiger partial charge in [-0.2, -0.15) is 0 Å². The highest BCUT2D eigenvalue weighted by Crippen LogP contribution is 2.25. The smallest absolute Gasteiger partial charge is 0.238 e. The number of para-hydroxylation sites is 1. The normalized spacial score (nSPS) is 20.3. The summed E-state index contributed by atoms with van der Waals surface area (Å²) in [5.41, 5.74) is 0.814. The van der Waals surface area contributed by atoms with Crippen LogP contribution < -0.4 is 10.6 Å². The molecule has 0 spiro atoms. The number of rotatable bonds is 7. The predicted octanol–water partition coefficient (Wildman–Crippen LogP) is 2.97. The lowest BCUT2D eigenvalue weighted by atomic mass is 9.86. The van der Waals surface area contributed by atoms with E-state index in [4.69, 9.17) is 0 Å². The van der Waals surface area contributed by atoms with Gasteiger partial charge in [0, 0.05) is 10.9 Å². The molecule has 6 heteroatoms. The van der Waals surface area contributed by atoms with Crippen molar-refractivity contribution in [1.29, 1.82) is 0 Å². The van der Waals surface area contributed by atoms with E-state index in [2.05, 4.69) is 17.6 Å². The standard InChI is InChI=1S/C19H29N3O2S/c1-14-8-4-5-9-15(14)20-18(23)12-22(2)13-19(24)21-16-10-6-7-11-17(16)25-3/h6-7,10-11,14-15H,4-5,8-9,12-13H2,1-3H3,(H,20,23)(H,21,24). The number of hydrogen-bond acceptors (Lipinski definition) is 4. The molecule has 2 atom stereocenters. The fourth-order valence-corrected chi connectivity index (χ4v) is 3.82. The van der Waals surface area contributed by atoms with Gasteiger partial charge >= 0.3 is 0 Å². The number of nitrogens with zero attached hydrogens (tertiary/aromatic N) is 1. The number of benzene rings is 1. The molecule has 0 saturated heterocycles. The molecule has 138 valence electrons. The van der Waals surface area contributed by atoms with Crippen LogP contribution in [-0.2, 0) is 9.59 Å². The maximum absolute atomic E-state index is 12.2. The minimum Gasteiger partial charge on any atom is -0.352 e. The average Bonchev–Trinajstić information content (AvgIpc) is 2.57. The van der Waals surface area contributed by atoms with Gasteiger partial charge in [0.2, 0.25) is 11.8 Å². The minimum atomic E-state index is -0.108. The molecule has 0 heterocycles. The third kappa shape index (κ3) is 6.36. The molecule has 1 fully saturated rings. The molecule has 2 N–H and O–H groups in total. The molecule has 0 aliphatic heterocycles. The lowest BCUT2D eigenvalue weighted by molar-refractivity contribution is -0.124. The van der Waals surface area contributed by atoms with E-state index in [1.165, 1.54) is 19.3 Å². The second-order valence-corrected chi connectivity index (χ2v) is 7.70. The van der Waals surface area contributed by atoms with Crippen molar-refractivity contribution in [3.63, 3.8) is 0 Å². The number of amides is 2. The quantitative estimate of drug-likeness (QED) is 0.731. The van der Waals surface area contributed by atoms with Gasteiger partial charge < -0.3 is 10.6 Å². The van der Waals surface area contributed by atoms with E-state index >= 15 is 0 Å². The number of nitrogens with one attached hydrogen (secondary N) is 2. The molecule has 2 rings (SSSR count). The summed E-state index contributed by atoms with van der Waals surface area (Å²) in [6.45, 7) is 2.63. The topological polar surface area (TPSA) is 61.4 Å². The Bertz CT molecular complexity index is 594. The molecule has 1 aromatic carbocycles. The number of carbonyl (C=O) groups is 2. The van der Waals surface area contributed by atoms with E-state index in [0.29, 0.717) is 5.92 Å². The summed E-state index contributed by atoms with van der Waals surface area (Å²) in [5.74, 6) is 0.427. The summed E-state index contributed by atoms with van der Waals surface area (Å²) >= 11 is 1.59. The molecule has 0 radical (unpaired) electrons. The van der Waals surface area contributed by atoms with E-state index in [1.54, 1.807) is 23.7 Å². The third-order valence-electron chi connectivity index (χ3n) is 4.67. The third-order valence-corrected chi connectivity index (χ3v) is 5.46. The van der Waals surface area contributed by atoms with E-state index in [0.717, 1.165) is 17.0 Å².